The molecule has 0 bridgehead atoms. The van der Waals surface area contributed by atoms with Crippen LogP contribution in [0.15, 0.2) is 54.9 Å². The second-order valence-electron chi connectivity index (χ2n) is 5.32. The van der Waals surface area contributed by atoms with Gasteiger partial charge in [-0.3, -0.25) is 20.2 Å². The Kier molecular flexibility index (Phi) is 4.42. The number of amides is 1. The first kappa shape index (κ1) is 14.9. The van der Waals surface area contributed by atoms with Gasteiger partial charge in [-0.05, 0) is 24.1 Å². The first-order valence-electron chi connectivity index (χ1n) is 7.40. The minimum Gasteiger partial charge on any atom is -0.293 e. The third-order valence-electron chi connectivity index (χ3n) is 3.51. The number of nitrogens with one attached hydrogen (secondary N) is 2. The summed E-state index contributed by atoms with van der Waals surface area (Å²) in [6.07, 6.45) is 4.03. The van der Waals surface area contributed by atoms with Gasteiger partial charge in [-0.1, -0.05) is 37.3 Å². The molecule has 1 amide bonds. The molecule has 6 heteroatoms. The molecule has 0 aliphatic carbocycles. The van der Waals surface area contributed by atoms with Gasteiger partial charge in [-0.25, -0.2) is 0 Å². The predicted molar refractivity (Wildman–Crippen MR) is 87.6 cm³/mol. The van der Waals surface area contributed by atoms with Crippen molar-refractivity contribution in [2.75, 3.05) is 5.32 Å². The standard InChI is InChI=1S/C17H17N5O/c1-12(11-13-5-3-2-4-6-13)16(23)20-17-19-15(21-22-17)14-7-9-18-10-8-14/h2-10,12H,11H2,1H3,(H2,19,20,21,22,23). The van der Waals surface area contributed by atoms with Crippen LogP contribution in [0.25, 0.3) is 11.4 Å². The van der Waals surface area contributed by atoms with Crippen molar-refractivity contribution in [2.45, 2.75) is 13.3 Å². The van der Waals surface area contributed by atoms with Crippen LogP contribution >= 0.6 is 0 Å². The van der Waals surface area contributed by atoms with Gasteiger partial charge in [0.15, 0.2) is 5.82 Å². The Bertz CT molecular complexity index is 770. The molecule has 0 saturated carbocycles. The quantitative estimate of drug-likeness (QED) is 0.759. The number of carbonyl (C=O) groups is 1. The molecular formula is C17H17N5O. The summed E-state index contributed by atoms with van der Waals surface area (Å²) in [5, 5.41) is 9.59. The maximum Gasteiger partial charge on any atom is 0.249 e. The smallest absolute Gasteiger partial charge is 0.249 e. The number of pyridine rings is 1. The van der Waals surface area contributed by atoms with Gasteiger partial charge >= 0.3 is 0 Å². The van der Waals surface area contributed by atoms with E-state index in [0.717, 1.165) is 11.1 Å². The first-order chi connectivity index (χ1) is 11.2. The summed E-state index contributed by atoms with van der Waals surface area (Å²) in [5.74, 6) is 0.606. The van der Waals surface area contributed by atoms with Gasteiger partial charge in [0, 0.05) is 23.9 Å². The Morgan fingerprint density at radius 3 is 2.65 bits per heavy atom. The van der Waals surface area contributed by atoms with Crippen LogP contribution in [0.1, 0.15) is 12.5 Å². The van der Waals surface area contributed by atoms with E-state index in [1.54, 1.807) is 12.4 Å². The van der Waals surface area contributed by atoms with E-state index < -0.39 is 0 Å². The highest BCUT2D eigenvalue weighted by atomic mass is 16.2. The first-order valence-corrected chi connectivity index (χ1v) is 7.40. The van der Waals surface area contributed by atoms with Crippen molar-refractivity contribution in [3.63, 3.8) is 0 Å². The number of carbonyl (C=O) groups excluding carboxylic acids is 1. The molecule has 2 N–H and O–H groups in total. The molecule has 0 spiro atoms. The summed E-state index contributed by atoms with van der Waals surface area (Å²) in [7, 11) is 0. The summed E-state index contributed by atoms with van der Waals surface area (Å²) in [6, 6.07) is 13.6. The molecule has 3 rings (SSSR count). The lowest BCUT2D eigenvalue weighted by Crippen LogP contribution is -2.22. The summed E-state index contributed by atoms with van der Waals surface area (Å²) < 4.78 is 0. The third-order valence-corrected chi connectivity index (χ3v) is 3.51. The lowest BCUT2D eigenvalue weighted by molar-refractivity contribution is -0.119. The van der Waals surface area contributed by atoms with Gasteiger partial charge in [-0.2, -0.15) is 4.98 Å². The lowest BCUT2D eigenvalue weighted by Gasteiger charge is -2.10. The van der Waals surface area contributed by atoms with Crippen molar-refractivity contribution in [3.8, 4) is 11.4 Å². The SMILES string of the molecule is CC(Cc1ccccc1)C(=O)Nc1n[nH]c(-c2ccncc2)n1. The van der Waals surface area contributed by atoms with Crippen molar-refractivity contribution < 1.29 is 4.79 Å². The molecule has 2 heterocycles. The van der Waals surface area contributed by atoms with Crippen LogP contribution in [0.3, 0.4) is 0 Å². The summed E-state index contributed by atoms with van der Waals surface area (Å²) in [5.41, 5.74) is 1.99. The highest BCUT2D eigenvalue weighted by Crippen LogP contribution is 2.15. The van der Waals surface area contributed by atoms with E-state index in [2.05, 4.69) is 25.5 Å². The fourth-order valence-corrected chi connectivity index (χ4v) is 2.25. The molecule has 116 valence electrons. The molecule has 0 saturated heterocycles. The van der Waals surface area contributed by atoms with Crippen molar-refractivity contribution >= 4 is 11.9 Å². The van der Waals surface area contributed by atoms with Crippen LogP contribution in [0.2, 0.25) is 0 Å². The van der Waals surface area contributed by atoms with Crippen molar-refractivity contribution in [2.24, 2.45) is 5.92 Å². The van der Waals surface area contributed by atoms with E-state index >= 15 is 0 Å². The number of benzene rings is 1. The van der Waals surface area contributed by atoms with Crippen LogP contribution in [-0.4, -0.2) is 26.1 Å². The summed E-state index contributed by atoms with van der Waals surface area (Å²) >= 11 is 0. The maximum absolute atomic E-state index is 12.2. The molecule has 1 aromatic carbocycles. The van der Waals surface area contributed by atoms with Crippen LogP contribution in [-0.2, 0) is 11.2 Å². The fraction of sp³-hybridized carbons (Fsp3) is 0.176. The van der Waals surface area contributed by atoms with E-state index in [1.165, 1.54) is 0 Å². The van der Waals surface area contributed by atoms with Crippen molar-refractivity contribution in [3.05, 3.63) is 60.4 Å². The molecule has 0 fully saturated rings. The van der Waals surface area contributed by atoms with Gasteiger partial charge in [0.2, 0.25) is 11.9 Å². The number of aromatic nitrogens is 4. The van der Waals surface area contributed by atoms with E-state index in [4.69, 9.17) is 0 Å². The van der Waals surface area contributed by atoms with Gasteiger partial charge in [0.1, 0.15) is 0 Å². The fourth-order valence-electron chi connectivity index (χ4n) is 2.25. The van der Waals surface area contributed by atoms with Crippen molar-refractivity contribution in [1.82, 2.24) is 20.2 Å². The van der Waals surface area contributed by atoms with E-state index in [0.29, 0.717) is 12.2 Å². The molecule has 0 radical (unpaired) electrons. The summed E-state index contributed by atoms with van der Waals surface area (Å²) in [4.78, 5) is 20.5. The highest BCUT2D eigenvalue weighted by molar-refractivity contribution is 5.91. The molecule has 2 aromatic heterocycles. The average Bonchev–Trinajstić information content (AvgIpc) is 3.05. The van der Waals surface area contributed by atoms with Crippen LogP contribution < -0.4 is 5.32 Å². The zero-order chi connectivity index (χ0) is 16.1. The zero-order valence-electron chi connectivity index (χ0n) is 12.7. The summed E-state index contributed by atoms with van der Waals surface area (Å²) in [6.45, 7) is 1.89. The minimum atomic E-state index is -0.166. The average molecular weight is 307 g/mol. The number of nitrogens with zero attached hydrogens (tertiary/aromatic N) is 3. The molecule has 3 aromatic rings. The second kappa shape index (κ2) is 6.83. The highest BCUT2D eigenvalue weighted by Gasteiger charge is 2.16. The third kappa shape index (κ3) is 3.79. The van der Waals surface area contributed by atoms with Crippen molar-refractivity contribution in [1.29, 1.82) is 0 Å². The molecule has 1 unspecified atom stereocenters. The number of hydrogen-bond donors (Lipinski definition) is 2. The molecule has 0 aliphatic rings. The van der Waals surface area contributed by atoms with Crippen LogP contribution in [0.4, 0.5) is 5.95 Å². The molecule has 6 nitrogen and oxygen atoms in total. The van der Waals surface area contributed by atoms with Gasteiger partial charge < -0.3 is 0 Å². The van der Waals surface area contributed by atoms with E-state index in [1.807, 2.05) is 49.4 Å². The zero-order valence-corrected chi connectivity index (χ0v) is 12.7. The number of aromatic amines is 1. The molecule has 0 aliphatic heterocycles. The Morgan fingerprint density at radius 2 is 1.91 bits per heavy atom. The topological polar surface area (TPSA) is 83.6 Å². The molecule has 1 atom stereocenters. The lowest BCUT2D eigenvalue weighted by atomic mass is 10.0. The van der Waals surface area contributed by atoms with E-state index in [-0.39, 0.29) is 17.8 Å². The predicted octanol–water partition coefficient (Wildman–Crippen LogP) is 2.68. The number of rotatable bonds is 5. The monoisotopic (exact) mass is 307 g/mol. The van der Waals surface area contributed by atoms with E-state index in [9.17, 15) is 4.79 Å². The Labute approximate surface area is 134 Å². The second-order valence-corrected chi connectivity index (χ2v) is 5.32. The Morgan fingerprint density at radius 1 is 1.17 bits per heavy atom. The van der Waals surface area contributed by atoms with Gasteiger partial charge in [0.05, 0.1) is 0 Å². The number of anilines is 1. The number of H-pyrrole nitrogens is 1. The normalized spacial score (nSPS) is 11.9. The minimum absolute atomic E-state index is 0.103. The Balaban J connectivity index is 1.63. The molecule has 23 heavy (non-hydrogen) atoms. The Hall–Kier alpha value is -3.02. The largest absolute Gasteiger partial charge is 0.293 e. The number of hydrogen-bond acceptors (Lipinski definition) is 4. The van der Waals surface area contributed by atoms with Crippen LogP contribution in [0, 0.1) is 5.92 Å². The van der Waals surface area contributed by atoms with Crippen LogP contribution in [0.5, 0.6) is 0 Å². The molecular weight excluding hydrogens is 290 g/mol. The van der Waals surface area contributed by atoms with Gasteiger partial charge in [0.25, 0.3) is 0 Å². The maximum atomic E-state index is 12.2. The van der Waals surface area contributed by atoms with Gasteiger partial charge in [-0.15, -0.1) is 5.10 Å².